The highest BCUT2D eigenvalue weighted by Gasteiger charge is 2.30. The number of aliphatic hydroxyl groups excluding tert-OH is 1. The first-order valence-electron chi connectivity index (χ1n) is 4.98. The molecule has 0 aliphatic carbocycles. The molecule has 4 N–H and O–H groups in total. The van der Waals surface area contributed by atoms with Crippen LogP contribution in [0.25, 0.3) is 0 Å². The SMILES string of the molecule is C=C(CCO)C(C(=O)O)N(CC(=O)O)CC(=O)O. The lowest BCUT2D eigenvalue weighted by Gasteiger charge is -2.27. The minimum Gasteiger partial charge on any atom is -0.480 e. The maximum Gasteiger partial charge on any atom is 0.325 e. The fourth-order valence-corrected chi connectivity index (χ4v) is 1.46. The van der Waals surface area contributed by atoms with E-state index in [1.165, 1.54) is 0 Å². The van der Waals surface area contributed by atoms with Crippen LogP contribution in [0.15, 0.2) is 12.2 Å². The monoisotopic (exact) mass is 261 g/mol. The van der Waals surface area contributed by atoms with E-state index in [0.29, 0.717) is 0 Å². The molecule has 8 nitrogen and oxygen atoms in total. The Morgan fingerprint density at radius 3 is 1.78 bits per heavy atom. The molecule has 0 bridgehead atoms. The van der Waals surface area contributed by atoms with Gasteiger partial charge in [-0.05, 0) is 12.0 Å². The maximum absolute atomic E-state index is 11.1. The molecule has 0 aromatic rings. The van der Waals surface area contributed by atoms with Crippen molar-refractivity contribution >= 4 is 17.9 Å². The first-order valence-corrected chi connectivity index (χ1v) is 4.98. The van der Waals surface area contributed by atoms with Crippen molar-refractivity contribution in [3.05, 3.63) is 12.2 Å². The summed E-state index contributed by atoms with van der Waals surface area (Å²) in [6.07, 6.45) is -0.0489. The molecule has 0 spiro atoms. The molecule has 0 saturated carbocycles. The second-order valence-electron chi connectivity index (χ2n) is 3.57. The molecule has 0 rings (SSSR count). The molecular formula is C10H15NO7. The maximum atomic E-state index is 11.1. The number of aliphatic carboxylic acids is 3. The third-order valence-electron chi connectivity index (χ3n) is 2.10. The molecule has 1 atom stereocenters. The van der Waals surface area contributed by atoms with E-state index in [9.17, 15) is 14.4 Å². The number of carboxylic acid groups (broad SMARTS) is 3. The van der Waals surface area contributed by atoms with Gasteiger partial charge in [0.2, 0.25) is 0 Å². The minimum atomic E-state index is -1.45. The zero-order valence-electron chi connectivity index (χ0n) is 9.57. The fraction of sp³-hybridized carbons (Fsp3) is 0.500. The summed E-state index contributed by atoms with van der Waals surface area (Å²) in [7, 11) is 0. The van der Waals surface area contributed by atoms with Crippen molar-refractivity contribution in [1.82, 2.24) is 4.90 Å². The van der Waals surface area contributed by atoms with Gasteiger partial charge in [-0.15, -0.1) is 0 Å². The van der Waals surface area contributed by atoms with Gasteiger partial charge in [0.05, 0.1) is 13.1 Å². The summed E-state index contributed by atoms with van der Waals surface area (Å²) >= 11 is 0. The van der Waals surface area contributed by atoms with Crippen molar-refractivity contribution < 1.29 is 34.8 Å². The summed E-state index contributed by atoms with van der Waals surface area (Å²) in [6.45, 7) is 1.60. The van der Waals surface area contributed by atoms with E-state index in [-0.39, 0.29) is 18.6 Å². The summed E-state index contributed by atoms with van der Waals surface area (Å²) in [5.41, 5.74) is 0.0486. The molecule has 0 fully saturated rings. The summed E-state index contributed by atoms with van der Waals surface area (Å²) < 4.78 is 0. The second kappa shape index (κ2) is 7.41. The summed E-state index contributed by atoms with van der Waals surface area (Å²) in [6, 6.07) is -1.45. The highest BCUT2D eigenvalue weighted by Crippen LogP contribution is 2.13. The van der Waals surface area contributed by atoms with E-state index < -0.39 is 37.0 Å². The molecule has 0 aliphatic rings. The number of carboxylic acids is 3. The van der Waals surface area contributed by atoms with Crippen molar-refractivity contribution in [3.8, 4) is 0 Å². The molecule has 0 radical (unpaired) electrons. The predicted octanol–water partition coefficient (Wildman–Crippen LogP) is -1.15. The molecular weight excluding hydrogens is 246 g/mol. The van der Waals surface area contributed by atoms with Crippen LogP contribution in [0.1, 0.15) is 6.42 Å². The van der Waals surface area contributed by atoms with Crippen molar-refractivity contribution in [2.45, 2.75) is 12.5 Å². The summed E-state index contributed by atoms with van der Waals surface area (Å²) in [5, 5.41) is 35.0. The highest BCUT2D eigenvalue weighted by atomic mass is 16.4. The average molecular weight is 261 g/mol. The van der Waals surface area contributed by atoms with Crippen LogP contribution in [0, 0.1) is 0 Å². The lowest BCUT2D eigenvalue weighted by molar-refractivity contribution is -0.147. The van der Waals surface area contributed by atoms with E-state index in [1.807, 2.05) is 0 Å². The first kappa shape index (κ1) is 16.1. The van der Waals surface area contributed by atoms with E-state index in [0.717, 1.165) is 4.90 Å². The van der Waals surface area contributed by atoms with Gasteiger partial charge in [-0.3, -0.25) is 19.3 Å². The van der Waals surface area contributed by atoms with E-state index in [2.05, 4.69) is 6.58 Å². The summed E-state index contributed by atoms with van der Waals surface area (Å²) in [5.74, 6) is -4.10. The second-order valence-corrected chi connectivity index (χ2v) is 3.57. The van der Waals surface area contributed by atoms with Crippen molar-refractivity contribution in [2.75, 3.05) is 19.7 Å². The molecule has 102 valence electrons. The van der Waals surface area contributed by atoms with Gasteiger partial charge < -0.3 is 20.4 Å². The Kier molecular flexibility index (Phi) is 6.61. The predicted molar refractivity (Wildman–Crippen MR) is 59.1 cm³/mol. The van der Waals surface area contributed by atoms with Gasteiger partial charge in [0, 0.05) is 6.61 Å². The fourth-order valence-electron chi connectivity index (χ4n) is 1.46. The Labute approximate surface area is 103 Å². The Morgan fingerprint density at radius 2 is 1.50 bits per heavy atom. The van der Waals surface area contributed by atoms with Gasteiger partial charge in [0.1, 0.15) is 6.04 Å². The van der Waals surface area contributed by atoms with Gasteiger partial charge >= 0.3 is 17.9 Å². The third kappa shape index (κ3) is 5.41. The van der Waals surface area contributed by atoms with E-state index >= 15 is 0 Å². The number of nitrogens with zero attached hydrogens (tertiary/aromatic N) is 1. The zero-order valence-corrected chi connectivity index (χ0v) is 9.57. The van der Waals surface area contributed by atoms with Crippen LogP contribution < -0.4 is 0 Å². The standard InChI is InChI=1S/C10H15NO7/c1-6(2-3-12)9(10(17)18)11(4-7(13)14)5-8(15)16/h9,12H,1-5H2,(H,13,14)(H,15,16)(H,17,18). The highest BCUT2D eigenvalue weighted by molar-refractivity contribution is 5.80. The van der Waals surface area contributed by atoms with Gasteiger partial charge in [-0.2, -0.15) is 0 Å². The van der Waals surface area contributed by atoms with Crippen LogP contribution >= 0.6 is 0 Å². The number of rotatable bonds is 9. The molecule has 0 aliphatic heterocycles. The molecule has 18 heavy (non-hydrogen) atoms. The number of carbonyl (C=O) groups is 3. The molecule has 8 heteroatoms. The van der Waals surface area contributed by atoms with Crippen molar-refractivity contribution in [3.63, 3.8) is 0 Å². The Morgan fingerprint density at radius 1 is 1.06 bits per heavy atom. The number of hydrogen-bond donors (Lipinski definition) is 4. The first-order chi connectivity index (χ1) is 8.29. The van der Waals surface area contributed by atoms with Crippen LogP contribution in [0.4, 0.5) is 0 Å². The average Bonchev–Trinajstić information content (AvgIpc) is 2.14. The van der Waals surface area contributed by atoms with Crippen LogP contribution in [0.3, 0.4) is 0 Å². The van der Waals surface area contributed by atoms with E-state index in [1.54, 1.807) is 0 Å². The minimum absolute atomic E-state index is 0.0486. The molecule has 0 heterocycles. The Hall–Kier alpha value is -1.93. The molecule has 1 unspecified atom stereocenters. The Bertz CT molecular complexity index is 336. The van der Waals surface area contributed by atoms with E-state index in [4.69, 9.17) is 20.4 Å². The smallest absolute Gasteiger partial charge is 0.325 e. The van der Waals surface area contributed by atoms with Gasteiger partial charge in [-0.25, -0.2) is 0 Å². The molecule has 0 aromatic heterocycles. The molecule has 0 aromatic carbocycles. The van der Waals surface area contributed by atoms with Gasteiger partial charge in [-0.1, -0.05) is 6.58 Å². The summed E-state index contributed by atoms with van der Waals surface area (Å²) in [4.78, 5) is 33.0. The third-order valence-corrected chi connectivity index (χ3v) is 2.10. The van der Waals surface area contributed by atoms with Crippen LogP contribution in [-0.4, -0.2) is 69.0 Å². The van der Waals surface area contributed by atoms with Crippen molar-refractivity contribution in [2.24, 2.45) is 0 Å². The number of hydrogen-bond acceptors (Lipinski definition) is 5. The zero-order chi connectivity index (χ0) is 14.3. The quantitative estimate of drug-likeness (QED) is 0.382. The number of aliphatic hydroxyl groups is 1. The van der Waals surface area contributed by atoms with Crippen molar-refractivity contribution in [1.29, 1.82) is 0 Å². The molecule has 0 amide bonds. The lowest BCUT2D eigenvalue weighted by atomic mass is 10.0. The largest absolute Gasteiger partial charge is 0.480 e. The Balaban J connectivity index is 5.07. The van der Waals surface area contributed by atoms with Crippen LogP contribution in [0.5, 0.6) is 0 Å². The van der Waals surface area contributed by atoms with Gasteiger partial charge in [0.15, 0.2) is 0 Å². The van der Waals surface area contributed by atoms with Gasteiger partial charge in [0.25, 0.3) is 0 Å². The normalized spacial score (nSPS) is 12.1. The van der Waals surface area contributed by atoms with Crippen LogP contribution in [-0.2, 0) is 14.4 Å². The topological polar surface area (TPSA) is 135 Å². The lowest BCUT2D eigenvalue weighted by Crippen LogP contribution is -2.47. The molecule has 0 saturated heterocycles. The van der Waals surface area contributed by atoms with Crippen LogP contribution in [0.2, 0.25) is 0 Å².